The predicted octanol–water partition coefficient (Wildman–Crippen LogP) is 3.16. The topological polar surface area (TPSA) is 57.1 Å². The third-order valence-electron chi connectivity index (χ3n) is 2.12. The number of benzene rings is 1. The first-order chi connectivity index (χ1) is 9.17. The molecule has 19 heavy (non-hydrogen) atoms. The number of aromatic nitrogens is 3. The highest BCUT2D eigenvalue weighted by atomic mass is 35.5. The molecular weight excluding hydrogens is 289 g/mol. The molecule has 0 atom stereocenters. The maximum atomic E-state index is 5.80. The van der Waals surface area contributed by atoms with Crippen LogP contribution in [0.2, 0.25) is 10.3 Å². The van der Waals surface area contributed by atoms with Crippen LogP contribution in [0.3, 0.4) is 0 Å². The number of rotatable bonds is 5. The van der Waals surface area contributed by atoms with Gasteiger partial charge in [-0.2, -0.15) is 9.97 Å². The van der Waals surface area contributed by atoms with Gasteiger partial charge in [0.2, 0.25) is 5.28 Å². The molecule has 0 aliphatic rings. The molecular formula is C12H11Cl2N3O2. The summed E-state index contributed by atoms with van der Waals surface area (Å²) < 4.78 is 10.6. The summed E-state index contributed by atoms with van der Waals surface area (Å²) in [5.74, 6) is 0. The van der Waals surface area contributed by atoms with Crippen LogP contribution in [0.1, 0.15) is 12.5 Å². The third-order valence-corrected chi connectivity index (χ3v) is 2.54. The molecule has 0 bridgehead atoms. The fourth-order valence-electron chi connectivity index (χ4n) is 1.30. The van der Waals surface area contributed by atoms with Gasteiger partial charge in [-0.1, -0.05) is 23.7 Å². The summed E-state index contributed by atoms with van der Waals surface area (Å²) in [6, 6.07) is 7.55. The van der Waals surface area contributed by atoms with Gasteiger partial charge in [0.15, 0.2) is 0 Å². The molecule has 2 rings (SSSR count). The lowest BCUT2D eigenvalue weighted by atomic mass is 10.2. The molecule has 0 fully saturated rings. The monoisotopic (exact) mass is 299 g/mol. The number of ether oxygens (including phenoxy) is 2. The maximum absolute atomic E-state index is 5.80. The summed E-state index contributed by atoms with van der Waals surface area (Å²) in [4.78, 5) is 11.7. The predicted molar refractivity (Wildman–Crippen MR) is 71.8 cm³/mol. The molecule has 0 saturated heterocycles. The lowest BCUT2D eigenvalue weighted by Crippen LogP contribution is -2.04. The van der Waals surface area contributed by atoms with Crippen molar-refractivity contribution < 1.29 is 9.47 Å². The van der Waals surface area contributed by atoms with Crippen molar-refractivity contribution in [3.8, 4) is 12.0 Å². The molecule has 0 aliphatic carbocycles. The lowest BCUT2D eigenvalue weighted by molar-refractivity contribution is 0.261. The average Bonchev–Trinajstić information content (AvgIpc) is 2.38. The fourth-order valence-corrected chi connectivity index (χ4v) is 1.57. The van der Waals surface area contributed by atoms with Crippen LogP contribution < -0.4 is 9.47 Å². The minimum absolute atomic E-state index is 0.0320. The third kappa shape index (κ3) is 4.22. The summed E-state index contributed by atoms with van der Waals surface area (Å²) in [5, 5.41) is 0.704. The molecule has 0 saturated carbocycles. The van der Waals surface area contributed by atoms with Crippen LogP contribution in [0, 0.1) is 0 Å². The van der Waals surface area contributed by atoms with Crippen molar-refractivity contribution in [2.24, 2.45) is 0 Å². The molecule has 1 aromatic heterocycles. The number of hydrogen-bond donors (Lipinski definition) is 0. The number of halogens is 2. The minimum Gasteiger partial charge on any atom is -0.464 e. The maximum Gasteiger partial charge on any atom is 0.324 e. The van der Waals surface area contributed by atoms with Gasteiger partial charge in [0.1, 0.15) is 6.61 Å². The van der Waals surface area contributed by atoms with Crippen molar-refractivity contribution in [3.63, 3.8) is 0 Å². The van der Waals surface area contributed by atoms with Crippen LogP contribution in [0.5, 0.6) is 12.0 Å². The Hall–Kier alpha value is -1.59. The van der Waals surface area contributed by atoms with Gasteiger partial charge in [0, 0.05) is 5.02 Å². The average molecular weight is 300 g/mol. The molecule has 7 heteroatoms. The first-order valence-corrected chi connectivity index (χ1v) is 6.34. The van der Waals surface area contributed by atoms with E-state index in [4.69, 9.17) is 32.7 Å². The second-order valence-electron chi connectivity index (χ2n) is 3.52. The lowest BCUT2D eigenvalue weighted by Gasteiger charge is -2.06. The van der Waals surface area contributed by atoms with Gasteiger partial charge >= 0.3 is 12.0 Å². The Morgan fingerprint density at radius 2 is 1.58 bits per heavy atom. The Balaban J connectivity index is 2.04. The van der Waals surface area contributed by atoms with Gasteiger partial charge in [0.25, 0.3) is 0 Å². The standard InChI is InChI=1S/C12H11Cl2N3O2/c1-2-18-11-15-10(14)16-12(17-11)19-7-8-3-5-9(13)6-4-8/h3-6H,2,7H2,1H3. The summed E-state index contributed by atoms with van der Waals surface area (Å²) in [7, 11) is 0. The van der Waals surface area contributed by atoms with E-state index in [1.165, 1.54) is 0 Å². The Labute approximate surface area is 120 Å². The van der Waals surface area contributed by atoms with E-state index >= 15 is 0 Å². The van der Waals surface area contributed by atoms with E-state index in [0.717, 1.165) is 5.56 Å². The normalized spacial score (nSPS) is 10.3. The van der Waals surface area contributed by atoms with E-state index in [2.05, 4.69) is 15.0 Å². The van der Waals surface area contributed by atoms with Crippen molar-refractivity contribution in [2.45, 2.75) is 13.5 Å². The SMILES string of the molecule is CCOc1nc(Cl)nc(OCc2ccc(Cl)cc2)n1. The Bertz CT molecular complexity index is 549. The smallest absolute Gasteiger partial charge is 0.324 e. The van der Waals surface area contributed by atoms with Gasteiger partial charge in [-0.3, -0.25) is 0 Å². The zero-order valence-electron chi connectivity index (χ0n) is 10.1. The number of hydrogen-bond acceptors (Lipinski definition) is 5. The van der Waals surface area contributed by atoms with Gasteiger partial charge in [0.05, 0.1) is 6.61 Å². The zero-order valence-corrected chi connectivity index (χ0v) is 11.6. The van der Waals surface area contributed by atoms with Gasteiger partial charge in [-0.25, -0.2) is 0 Å². The van der Waals surface area contributed by atoms with Crippen molar-refractivity contribution in [3.05, 3.63) is 40.1 Å². The second-order valence-corrected chi connectivity index (χ2v) is 4.29. The van der Waals surface area contributed by atoms with Crippen molar-refractivity contribution in [2.75, 3.05) is 6.61 Å². The summed E-state index contributed by atoms with van der Waals surface area (Å²) in [6.07, 6.45) is 0. The highest BCUT2D eigenvalue weighted by molar-refractivity contribution is 6.30. The van der Waals surface area contributed by atoms with Crippen LogP contribution in [0.4, 0.5) is 0 Å². The van der Waals surface area contributed by atoms with E-state index in [9.17, 15) is 0 Å². The van der Waals surface area contributed by atoms with Crippen LogP contribution in [-0.2, 0) is 6.61 Å². The molecule has 0 amide bonds. The van der Waals surface area contributed by atoms with Gasteiger partial charge in [-0.15, -0.1) is 4.98 Å². The molecule has 0 aliphatic heterocycles. The quantitative estimate of drug-likeness (QED) is 0.849. The van der Waals surface area contributed by atoms with Crippen molar-refractivity contribution >= 4 is 23.2 Å². The summed E-state index contributed by atoms with van der Waals surface area (Å²) in [5.41, 5.74) is 0.943. The molecule has 0 spiro atoms. The molecule has 0 N–H and O–H groups in total. The van der Waals surface area contributed by atoms with Crippen LogP contribution >= 0.6 is 23.2 Å². The molecule has 1 heterocycles. The van der Waals surface area contributed by atoms with E-state index in [-0.39, 0.29) is 17.3 Å². The highest BCUT2D eigenvalue weighted by Crippen LogP contribution is 2.15. The molecule has 100 valence electrons. The Morgan fingerprint density at radius 1 is 0.947 bits per heavy atom. The summed E-state index contributed by atoms with van der Waals surface area (Å²) in [6.45, 7) is 2.58. The van der Waals surface area contributed by atoms with Gasteiger partial charge < -0.3 is 9.47 Å². The number of nitrogens with zero attached hydrogens (tertiary/aromatic N) is 3. The van der Waals surface area contributed by atoms with E-state index in [0.29, 0.717) is 18.2 Å². The largest absolute Gasteiger partial charge is 0.464 e. The highest BCUT2D eigenvalue weighted by Gasteiger charge is 2.07. The van der Waals surface area contributed by atoms with Crippen LogP contribution in [-0.4, -0.2) is 21.6 Å². The summed E-state index contributed by atoms with van der Waals surface area (Å²) >= 11 is 11.5. The van der Waals surface area contributed by atoms with Crippen LogP contribution in [0.15, 0.2) is 24.3 Å². The first kappa shape index (κ1) is 13.8. The van der Waals surface area contributed by atoms with E-state index in [1.54, 1.807) is 12.1 Å². The fraction of sp³-hybridized carbons (Fsp3) is 0.250. The van der Waals surface area contributed by atoms with Crippen LogP contribution in [0.25, 0.3) is 0 Å². The molecule has 5 nitrogen and oxygen atoms in total. The van der Waals surface area contributed by atoms with Crippen molar-refractivity contribution in [1.82, 2.24) is 15.0 Å². The van der Waals surface area contributed by atoms with E-state index in [1.807, 2.05) is 19.1 Å². The van der Waals surface area contributed by atoms with Crippen molar-refractivity contribution in [1.29, 1.82) is 0 Å². The molecule has 0 radical (unpaired) electrons. The zero-order chi connectivity index (χ0) is 13.7. The molecule has 1 aromatic carbocycles. The molecule has 0 unspecified atom stereocenters. The first-order valence-electron chi connectivity index (χ1n) is 5.59. The second kappa shape index (κ2) is 6.54. The minimum atomic E-state index is 0.0320. The Kier molecular flexibility index (Phi) is 4.76. The van der Waals surface area contributed by atoms with E-state index < -0.39 is 0 Å². The Morgan fingerprint density at radius 3 is 2.21 bits per heavy atom. The molecule has 2 aromatic rings. The van der Waals surface area contributed by atoms with Gasteiger partial charge in [-0.05, 0) is 36.2 Å².